The van der Waals surface area contributed by atoms with E-state index in [4.69, 9.17) is 16.0 Å². The molecule has 0 amide bonds. The summed E-state index contributed by atoms with van der Waals surface area (Å²) in [5, 5.41) is 4.02. The standard InChI is InChI=1S/C15H26ClNO/c1-3-5-6-7-8-9-13(17-12-4-2)14-10-11-15(16)18-14/h10-11,13,17H,3-9,12H2,1-2H3. The third-order valence-corrected chi connectivity index (χ3v) is 3.38. The van der Waals surface area contributed by atoms with E-state index in [0.29, 0.717) is 11.3 Å². The van der Waals surface area contributed by atoms with Gasteiger partial charge < -0.3 is 9.73 Å². The minimum atomic E-state index is 0.319. The second-order valence-electron chi connectivity index (χ2n) is 4.85. The van der Waals surface area contributed by atoms with Gasteiger partial charge in [0.05, 0.1) is 6.04 Å². The molecule has 1 atom stereocenters. The predicted octanol–water partition coefficient (Wildman–Crippen LogP) is 5.33. The summed E-state index contributed by atoms with van der Waals surface area (Å²) >= 11 is 5.85. The average molecular weight is 272 g/mol. The van der Waals surface area contributed by atoms with Crippen LogP contribution in [0.4, 0.5) is 0 Å². The van der Waals surface area contributed by atoms with Gasteiger partial charge in [-0.05, 0) is 43.1 Å². The van der Waals surface area contributed by atoms with Crippen molar-refractivity contribution in [2.45, 2.75) is 64.8 Å². The van der Waals surface area contributed by atoms with Crippen molar-refractivity contribution in [3.63, 3.8) is 0 Å². The molecular weight excluding hydrogens is 246 g/mol. The van der Waals surface area contributed by atoms with Gasteiger partial charge in [-0.15, -0.1) is 0 Å². The summed E-state index contributed by atoms with van der Waals surface area (Å²) in [5.41, 5.74) is 0. The number of furan rings is 1. The summed E-state index contributed by atoms with van der Waals surface area (Å²) < 4.78 is 5.52. The Morgan fingerprint density at radius 2 is 1.89 bits per heavy atom. The van der Waals surface area contributed by atoms with Crippen LogP contribution in [0.3, 0.4) is 0 Å². The fraction of sp³-hybridized carbons (Fsp3) is 0.733. The van der Waals surface area contributed by atoms with Crippen LogP contribution in [0.1, 0.15) is 70.6 Å². The first kappa shape index (κ1) is 15.6. The second-order valence-corrected chi connectivity index (χ2v) is 5.22. The monoisotopic (exact) mass is 271 g/mol. The van der Waals surface area contributed by atoms with Crippen LogP contribution in [0, 0.1) is 0 Å². The van der Waals surface area contributed by atoms with Gasteiger partial charge in [-0.2, -0.15) is 0 Å². The summed E-state index contributed by atoms with van der Waals surface area (Å²) in [5.74, 6) is 0.976. The molecule has 0 aliphatic heterocycles. The van der Waals surface area contributed by atoms with Crippen LogP contribution in [0.2, 0.25) is 5.22 Å². The van der Waals surface area contributed by atoms with Crippen molar-refractivity contribution in [3.05, 3.63) is 23.1 Å². The van der Waals surface area contributed by atoms with Crippen LogP contribution in [0.25, 0.3) is 0 Å². The third kappa shape index (κ3) is 5.92. The summed E-state index contributed by atoms with van der Waals surface area (Å²) in [7, 11) is 0. The maximum Gasteiger partial charge on any atom is 0.193 e. The Kier molecular flexibility index (Phi) is 8.19. The van der Waals surface area contributed by atoms with E-state index < -0.39 is 0 Å². The van der Waals surface area contributed by atoms with E-state index >= 15 is 0 Å². The van der Waals surface area contributed by atoms with E-state index in [1.54, 1.807) is 0 Å². The zero-order valence-corrected chi connectivity index (χ0v) is 12.4. The minimum Gasteiger partial charge on any atom is -0.448 e. The number of rotatable bonds is 10. The van der Waals surface area contributed by atoms with Gasteiger partial charge in [0.25, 0.3) is 0 Å². The molecule has 2 nitrogen and oxygen atoms in total. The molecule has 0 aliphatic carbocycles. The van der Waals surface area contributed by atoms with E-state index in [1.807, 2.05) is 12.1 Å². The Bertz CT molecular complexity index is 311. The zero-order valence-electron chi connectivity index (χ0n) is 11.7. The van der Waals surface area contributed by atoms with E-state index in [9.17, 15) is 0 Å². The molecule has 104 valence electrons. The largest absolute Gasteiger partial charge is 0.448 e. The summed E-state index contributed by atoms with van der Waals surface area (Å²) in [6.07, 6.45) is 8.82. The van der Waals surface area contributed by atoms with E-state index in [0.717, 1.165) is 25.1 Å². The molecule has 1 rings (SSSR count). The summed E-state index contributed by atoms with van der Waals surface area (Å²) in [6, 6.07) is 4.13. The molecule has 0 aliphatic rings. The highest BCUT2D eigenvalue weighted by molar-refractivity contribution is 6.28. The molecule has 0 fully saturated rings. The predicted molar refractivity (Wildman–Crippen MR) is 78.1 cm³/mol. The Labute approximate surface area is 116 Å². The first-order valence-electron chi connectivity index (χ1n) is 7.26. The second kappa shape index (κ2) is 9.46. The van der Waals surface area contributed by atoms with Gasteiger partial charge in [0.2, 0.25) is 0 Å². The first-order chi connectivity index (χ1) is 8.77. The van der Waals surface area contributed by atoms with Crippen LogP contribution in [0.15, 0.2) is 16.5 Å². The lowest BCUT2D eigenvalue weighted by Crippen LogP contribution is -2.21. The van der Waals surface area contributed by atoms with Gasteiger partial charge in [-0.25, -0.2) is 0 Å². The molecule has 1 aromatic rings. The lowest BCUT2D eigenvalue weighted by atomic mass is 10.0. The van der Waals surface area contributed by atoms with Gasteiger partial charge >= 0.3 is 0 Å². The van der Waals surface area contributed by atoms with E-state index in [2.05, 4.69) is 19.2 Å². The van der Waals surface area contributed by atoms with Crippen LogP contribution in [0.5, 0.6) is 0 Å². The van der Waals surface area contributed by atoms with Gasteiger partial charge in [0.15, 0.2) is 5.22 Å². The highest BCUT2D eigenvalue weighted by atomic mass is 35.5. The Balaban J connectivity index is 2.36. The molecular formula is C15H26ClNO. The van der Waals surface area contributed by atoms with Crippen molar-refractivity contribution in [1.29, 1.82) is 0 Å². The molecule has 3 heteroatoms. The molecule has 1 unspecified atom stereocenters. The fourth-order valence-corrected chi connectivity index (χ4v) is 2.28. The van der Waals surface area contributed by atoms with Crippen LogP contribution in [-0.2, 0) is 0 Å². The third-order valence-electron chi connectivity index (χ3n) is 3.17. The van der Waals surface area contributed by atoms with Crippen molar-refractivity contribution >= 4 is 11.6 Å². The molecule has 0 saturated heterocycles. The van der Waals surface area contributed by atoms with Crippen molar-refractivity contribution in [3.8, 4) is 0 Å². The zero-order chi connectivity index (χ0) is 13.2. The van der Waals surface area contributed by atoms with Crippen LogP contribution in [-0.4, -0.2) is 6.54 Å². The Morgan fingerprint density at radius 1 is 1.11 bits per heavy atom. The first-order valence-corrected chi connectivity index (χ1v) is 7.64. The topological polar surface area (TPSA) is 25.2 Å². The normalized spacial score (nSPS) is 12.8. The molecule has 0 radical (unpaired) electrons. The number of hydrogen-bond donors (Lipinski definition) is 1. The highest BCUT2D eigenvalue weighted by Crippen LogP contribution is 2.24. The lowest BCUT2D eigenvalue weighted by Gasteiger charge is -2.16. The lowest BCUT2D eigenvalue weighted by molar-refractivity contribution is 0.385. The molecule has 1 N–H and O–H groups in total. The smallest absolute Gasteiger partial charge is 0.193 e. The highest BCUT2D eigenvalue weighted by Gasteiger charge is 2.14. The maximum atomic E-state index is 5.85. The molecule has 0 aromatic carbocycles. The molecule has 0 bridgehead atoms. The average Bonchev–Trinajstić information content (AvgIpc) is 2.79. The maximum absolute atomic E-state index is 5.85. The number of nitrogens with one attached hydrogen (secondary N) is 1. The van der Waals surface area contributed by atoms with Crippen molar-refractivity contribution in [2.24, 2.45) is 0 Å². The summed E-state index contributed by atoms with van der Waals surface area (Å²) in [4.78, 5) is 0. The van der Waals surface area contributed by atoms with Crippen molar-refractivity contribution in [2.75, 3.05) is 6.54 Å². The molecule has 0 spiro atoms. The van der Waals surface area contributed by atoms with E-state index in [-0.39, 0.29) is 0 Å². The molecule has 18 heavy (non-hydrogen) atoms. The molecule has 1 aromatic heterocycles. The van der Waals surface area contributed by atoms with Crippen LogP contribution >= 0.6 is 11.6 Å². The number of halogens is 1. The fourth-order valence-electron chi connectivity index (χ4n) is 2.13. The molecule has 0 saturated carbocycles. The van der Waals surface area contributed by atoms with E-state index in [1.165, 1.54) is 32.1 Å². The Hall–Kier alpha value is -0.470. The quantitative estimate of drug-likeness (QED) is 0.582. The minimum absolute atomic E-state index is 0.319. The Morgan fingerprint density at radius 3 is 2.50 bits per heavy atom. The van der Waals surface area contributed by atoms with Gasteiger partial charge in [-0.3, -0.25) is 0 Å². The SMILES string of the molecule is CCCCCCCC(NCCC)c1ccc(Cl)o1. The number of hydrogen-bond acceptors (Lipinski definition) is 2. The van der Waals surface area contributed by atoms with Gasteiger partial charge in [-0.1, -0.05) is 46.0 Å². The van der Waals surface area contributed by atoms with Gasteiger partial charge in [0, 0.05) is 0 Å². The van der Waals surface area contributed by atoms with Gasteiger partial charge in [0.1, 0.15) is 5.76 Å². The molecule has 1 heterocycles. The van der Waals surface area contributed by atoms with Crippen molar-refractivity contribution < 1.29 is 4.42 Å². The summed E-state index contributed by atoms with van der Waals surface area (Å²) in [6.45, 7) is 5.45. The number of unbranched alkanes of at least 4 members (excludes halogenated alkanes) is 4. The van der Waals surface area contributed by atoms with Crippen molar-refractivity contribution in [1.82, 2.24) is 5.32 Å². The van der Waals surface area contributed by atoms with Crippen LogP contribution < -0.4 is 5.32 Å².